The molecule has 10 nitrogen and oxygen atoms in total. The van der Waals surface area contributed by atoms with Gasteiger partial charge in [0.05, 0.1) is 23.4 Å². The van der Waals surface area contributed by atoms with Crippen LogP contribution in [0, 0.1) is 34.8 Å². The summed E-state index contributed by atoms with van der Waals surface area (Å²) in [7, 11) is 3.14. The van der Waals surface area contributed by atoms with E-state index in [1.165, 1.54) is 19.4 Å². The number of carbonyl (C=O) groups excluding carboxylic acids is 1. The van der Waals surface area contributed by atoms with Crippen molar-refractivity contribution in [3.05, 3.63) is 69.7 Å². The fourth-order valence-corrected chi connectivity index (χ4v) is 3.86. The molecule has 0 atom stereocenters. The number of benzene rings is 1. The van der Waals surface area contributed by atoms with Gasteiger partial charge in [0.25, 0.3) is 5.69 Å². The van der Waals surface area contributed by atoms with Gasteiger partial charge in [-0.2, -0.15) is 0 Å². The molecule has 1 N–H and O–H groups in total. The molecule has 0 spiro atoms. The van der Waals surface area contributed by atoms with Crippen LogP contribution in [0.25, 0.3) is 22.3 Å². The lowest BCUT2D eigenvalue weighted by Crippen LogP contribution is -2.09. The predicted octanol–water partition coefficient (Wildman–Crippen LogP) is 5.17. The van der Waals surface area contributed by atoms with Crippen molar-refractivity contribution in [1.82, 2.24) is 19.5 Å². The van der Waals surface area contributed by atoms with Crippen LogP contribution in [0.2, 0.25) is 0 Å². The van der Waals surface area contributed by atoms with Crippen LogP contribution in [-0.4, -0.2) is 37.5 Å². The summed E-state index contributed by atoms with van der Waals surface area (Å²) in [5.74, 6) is 5.88. The van der Waals surface area contributed by atoms with Gasteiger partial charge in [-0.3, -0.25) is 10.1 Å². The van der Waals surface area contributed by atoms with E-state index in [2.05, 4.69) is 32.1 Å². The molecule has 10 heteroatoms. The molecule has 0 radical (unpaired) electrons. The van der Waals surface area contributed by atoms with E-state index in [0.29, 0.717) is 34.8 Å². The zero-order chi connectivity index (χ0) is 26.7. The summed E-state index contributed by atoms with van der Waals surface area (Å²) in [5, 5.41) is 15.6. The number of carbonyl (C=O) groups is 1. The molecule has 0 saturated heterocycles. The van der Waals surface area contributed by atoms with Crippen LogP contribution in [-0.2, 0) is 11.8 Å². The molecule has 0 aliphatic rings. The van der Waals surface area contributed by atoms with Crippen molar-refractivity contribution in [2.24, 2.45) is 13.0 Å². The van der Waals surface area contributed by atoms with Gasteiger partial charge in [-0.25, -0.2) is 19.7 Å². The van der Waals surface area contributed by atoms with Gasteiger partial charge in [0, 0.05) is 49.1 Å². The number of nitro benzene ring substituents is 1. The van der Waals surface area contributed by atoms with E-state index >= 15 is 0 Å². The second-order valence-electron chi connectivity index (χ2n) is 8.94. The first-order valence-corrected chi connectivity index (χ1v) is 11.6. The minimum Gasteiger partial charge on any atom is -0.465 e. The minimum atomic E-state index is -0.585. The number of aromatic nitrogens is 4. The summed E-state index contributed by atoms with van der Waals surface area (Å²) in [4.78, 5) is 37.1. The molecule has 0 amide bonds. The van der Waals surface area contributed by atoms with E-state index in [-0.39, 0.29) is 17.2 Å². The van der Waals surface area contributed by atoms with Gasteiger partial charge >= 0.3 is 5.97 Å². The fourth-order valence-electron chi connectivity index (χ4n) is 3.86. The lowest BCUT2D eigenvalue weighted by atomic mass is 10.1. The molecule has 4 rings (SSSR count). The number of anilines is 2. The van der Waals surface area contributed by atoms with Crippen molar-refractivity contribution in [1.29, 1.82) is 0 Å². The highest BCUT2D eigenvalue weighted by Crippen LogP contribution is 2.33. The second kappa shape index (κ2) is 10.5. The van der Waals surface area contributed by atoms with Gasteiger partial charge in [-0.15, -0.1) is 0 Å². The molecule has 0 bridgehead atoms. The number of pyridine rings is 1. The van der Waals surface area contributed by atoms with Gasteiger partial charge in [-0.1, -0.05) is 25.7 Å². The third kappa shape index (κ3) is 5.26. The molecule has 0 aliphatic heterocycles. The Kier molecular flexibility index (Phi) is 7.15. The molecule has 3 aromatic heterocycles. The van der Waals surface area contributed by atoms with E-state index in [1.54, 1.807) is 18.3 Å². The van der Waals surface area contributed by atoms with E-state index in [0.717, 1.165) is 16.6 Å². The molecule has 1 aromatic carbocycles. The van der Waals surface area contributed by atoms with Crippen LogP contribution in [0.1, 0.15) is 41.8 Å². The molecule has 0 aliphatic carbocycles. The predicted molar refractivity (Wildman–Crippen MR) is 141 cm³/mol. The molecule has 4 aromatic rings. The summed E-state index contributed by atoms with van der Waals surface area (Å²) >= 11 is 0. The maximum Gasteiger partial charge on any atom is 0.341 e. The molecule has 37 heavy (non-hydrogen) atoms. The lowest BCUT2D eigenvalue weighted by Gasteiger charge is -2.12. The topological polar surface area (TPSA) is 125 Å². The van der Waals surface area contributed by atoms with E-state index in [9.17, 15) is 14.9 Å². The summed E-state index contributed by atoms with van der Waals surface area (Å²) in [6.45, 7) is 5.89. The standard InChI is InChI=1S/C27H26N6O4/c1-16(2)8-6-9-18-12-17(3)22(13-23(18)33(35)36)30-27-29-14-20(26(34)37-5)24(31-27)21-15-32(4)25-19(21)10-7-11-28-25/h7,10-16H,8H2,1-5H3,(H,29,30,31). The third-order valence-corrected chi connectivity index (χ3v) is 5.70. The Hall–Kier alpha value is -4.78. The van der Waals surface area contributed by atoms with Crippen LogP contribution in [0.3, 0.4) is 0 Å². The average molecular weight is 499 g/mol. The van der Waals surface area contributed by atoms with Crippen LogP contribution < -0.4 is 5.32 Å². The number of hydrogen-bond acceptors (Lipinski definition) is 8. The number of nitrogens with zero attached hydrogens (tertiary/aromatic N) is 5. The molecular weight excluding hydrogens is 472 g/mol. The Morgan fingerprint density at radius 2 is 2.08 bits per heavy atom. The first kappa shape index (κ1) is 25.3. The molecule has 188 valence electrons. The van der Waals surface area contributed by atoms with Gasteiger partial charge in [0.15, 0.2) is 0 Å². The molecule has 0 saturated carbocycles. The Labute approximate surface area is 213 Å². The van der Waals surface area contributed by atoms with Crippen molar-refractivity contribution in [3.63, 3.8) is 0 Å². The number of ether oxygens (including phenoxy) is 1. The first-order chi connectivity index (χ1) is 17.7. The number of aryl methyl sites for hydroxylation is 2. The zero-order valence-corrected chi connectivity index (χ0v) is 21.2. The Bertz CT molecular complexity index is 1580. The highest BCUT2D eigenvalue weighted by molar-refractivity contribution is 6.02. The van der Waals surface area contributed by atoms with Crippen LogP contribution >= 0.6 is 0 Å². The SMILES string of the molecule is COC(=O)c1cnc(Nc2cc([N+](=O)[O-])c(C#CCC(C)C)cc2C)nc1-c1cn(C)c2ncccc12. The van der Waals surface area contributed by atoms with Crippen LogP contribution in [0.5, 0.6) is 0 Å². The van der Waals surface area contributed by atoms with Crippen molar-refractivity contribution in [2.45, 2.75) is 27.2 Å². The second-order valence-corrected chi connectivity index (χ2v) is 8.94. The highest BCUT2D eigenvalue weighted by Gasteiger charge is 2.22. The fraction of sp³-hybridized carbons (Fsp3) is 0.259. The van der Waals surface area contributed by atoms with E-state index in [4.69, 9.17) is 4.74 Å². The quantitative estimate of drug-likeness (QED) is 0.167. The van der Waals surface area contributed by atoms with Gasteiger partial charge in [0.1, 0.15) is 16.8 Å². The summed E-state index contributed by atoms with van der Waals surface area (Å²) < 4.78 is 6.79. The summed E-state index contributed by atoms with van der Waals surface area (Å²) in [6.07, 6.45) is 5.54. The maximum absolute atomic E-state index is 12.5. The number of nitro groups is 1. The number of hydrogen-bond donors (Lipinski definition) is 1. The van der Waals surface area contributed by atoms with E-state index < -0.39 is 10.9 Å². The highest BCUT2D eigenvalue weighted by atomic mass is 16.6. The first-order valence-electron chi connectivity index (χ1n) is 11.6. The number of esters is 1. The number of methoxy groups -OCH3 is 1. The normalized spacial score (nSPS) is 10.8. The zero-order valence-electron chi connectivity index (χ0n) is 21.2. The largest absolute Gasteiger partial charge is 0.465 e. The Morgan fingerprint density at radius 3 is 2.78 bits per heavy atom. The number of fused-ring (bicyclic) bond motifs is 1. The van der Waals surface area contributed by atoms with Crippen LogP contribution in [0.15, 0.2) is 42.9 Å². The molecule has 3 heterocycles. The smallest absolute Gasteiger partial charge is 0.341 e. The summed E-state index contributed by atoms with van der Waals surface area (Å²) in [5.41, 5.74) is 3.36. The molecule has 0 unspecified atom stereocenters. The average Bonchev–Trinajstić information content (AvgIpc) is 3.21. The monoisotopic (exact) mass is 498 g/mol. The van der Waals surface area contributed by atoms with Gasteiger partial charge in [0.2, 0.25) is 5.95 Å². The van der Waals surface area contributed by atoms with Crippen molar-refractivity contribution in [2.75, 3.05) is 12.4 Å². The third-order valence-electron chi connectivity index (χ3n) is 5.70. The van der Waals surface area contributed by atoms with Gasteiger partial charge in [-0.05, 0) is 36.6 Å². The number of nitrogens with one attached hydrogen (secondary N) is 1. The van der Waals surface area contributed by atoms with Crippen molar-refractivity contribution < 1.29 is 14.5 Å². The molecule has 0 fully saturated rings. The number of rotatable bonds is 6. The van der Waals surface area contributed by atoms with Crippen molar-refractivity contribution >= 4 is 34.3 Å². The minimum absolute atomic E-state index is 0.115. The van der Waals surface area contributed by atoms with Gasteiger partial charge < -0.3 is 14.6 Å². The van der Waals surface area contributed by atoms with E-state index in [1.807, 2.05) is 44.6 Å². The summed E-state index contributed by atoms with van der Waals surface area (Å²) in [6, 6.07) is 6.79. The Morgan fingerprint density at radius 1 is 1.30 bits per heavy atom. The lowest BCUT2D eigenvalue weighted by molar-refractivity contribution is -0.385. The Balaban J connectivity index is 1.79. The maximum atomic E-state index is 12.5. The van der Waals surface area contributed by atoms with Crippen molar-refractivity contribution in [3.8, 4) is 23.1 Å². The molecular formula is C27H26N6O4. The van der Waals surface area contributed by atoms with Crippen LogP contribution in [0.4, 0.5) is 17.3 Å².